The smallest absolute Gasteiger partial charge is 0.262 e. The van der Waals surface area contributed by atoms with Crippen molar-refractivity contribution in [3.8, 4) is 0 Å². The summed E-state index contributed by atoms with van der Waals surface area (Å²) in [5.74, 6) is -0.589. The lowest BCUT2D eigenvalue weighted by Crippen LogP contribution is -2.43. The molecule has 8 heteroatoms. The van der Waals surface area contributed by atoms with Crippen molar-refractivity contribution in [2.45, 2.75) is 11.8 Å². The SMILES string of the molecule is CCNc1cc(N2CCNCC2)ccc1NS(=O)(=O)c1cccc(F)c1. The average molecular weight is 378 g/mol. The van der Waals surface area contributed by atoms with Gasteiger partial charge in [0.25, 0.3) is 10.0 Å². The molecule has 1 heterocycles. The molecule has 3 N–H and O–H groups in total. The first-order valence-corrected chi connectivity index (χ1v) is 10.1. The summed E-state index contributed by atoms with van der Waals surface area (Å²) < 4.78 is 41.1. The third-order valence-electron chi connectivity index (χ3n) is 4.20. The highest BCUT2D eigenvalue weighted by atomic mass is 32.2. The minimum absolute atomic E-state index is 0.105. The summed E-state index contributed by atoms with van der Waals surface area (Å²) >= 11 is 0. The normalized spacial score (nSPS) is 14.9. The standard InChI is InChI=1S/C18H23FN4O2S/c1-2-21-18-13-15(23-10-8-20-9-11-23)6-7-17(18)22-26(24,25)16-5-3-4-14(19)12-16/h3-7,12-13,20-22H,2,8-11H2,1H3. The van der Waals surface area contributed by atoms with Crippen LogP contribution in [0.25, 0.3) is 0 Å². The molecule has 0 saturated carbocycles. The van der Waals surface area contributed by atoms with Gasteiger partial charge in [0, 0.05) is 38.4 Å². The van der Waals surface area contributed by atoms with Gasteiger partial charge in [-0.25, -0.2) is 12.8 Å². The summed E-state index contributed by atoms with van der Waals surface area (Å²) in [4.78, 5) is 2.15. The molecule has 0 aliphatic carbocycles. The van der Waals surface area contributed by atoms with E-state index in [4.69, 9.17) is 0 Å². The molecule has 0 radical (unpaired) electrons. The van der Waals surface area contributed by atoms with Gasteiger partial charge < -0.3 is 15.5 Å². The first-order chi connectivity index (χ1) is 12.5. The number of hydrogen-bond acceptors (Lipinski definition) is 5. The van der Waals surface area contributed by atoms with Crippen molar-refractivity contribution in [3.63, 3.8) is 0 Å². The summed E-state index contributed by atoms with van der Waals surface area (Å²) in [6.45, 7) is 6.25. The maximum Gasteiger partial charge on any atom is 0.262 e. The summed E-state index contributed by atoms with van der Waals surface area (Å²) in [7, 11) is -3.87. The Morgan fingerprint density at radius 3 is 2.58 bits per heavy atom. The molecule has 1 aliphatic rings. The van der Waals surface area contributed by atoms with E-state index >= 15 is 0 Å². The first kappa shape index (κ1) is 18.5. The lowest BCUT2D eigenvalue weighted by molar-refractivity contribution is 0.589. The number of benzene rings is 2. The van der Waals surface area contributed by atoms with Gasteiger partial charge in [-0.15, -0.1) is 0 Å². The van der Waals surface area contributed by atoms with Crippen LogP contribution < -0.4 is 20.3 Å². The van der Waals surface area contributed by atoms with Crippen LogP contribution >= 0.6 is 0 Å². The van der Waals surface area contributed by atoms with E-state index in [1.807, 2.05) is 19.1 Å². The zero-order chi connectivity index (χ0) is 18.6. The van der Waals surface area contributed by atoms with Crippen molar-refractivity contribution in [2.75, 3.05) is 47.7 Å². The number of halogens is 1. The van der Waals surface area contributed by atoms with Gasteiger partial charge in [0.1, 0.15) is 5.82 Å². The van der Waals surface area contributed by atoms with E-state index in [1.165, 1.54) is 18.2 Å². The predicted molar refractivity (Wildman–Crippen MR) is 103 cm³/mol. The van der Waals surface area contributed by atoms with E-state index in [9.17, 15) is 12.8 Å². The Labute approximate surface area is 153 Å². The second-order valence-electron chi connectivity index (χ2n) is 6.06. The van der Waals surface area contributed by atoms with Gasteiger partial charge in [0.2, 0.25) is 0 Å². The summed E-state index contributed by atoms with van der Waals surface area (Å²) in [6, 6.07) is 10.5. The third-order valence-corrected chi connectivity index (χ3v) is 5.57. The predicted octanol–water partition coefficient (Wildman–Crippen LogP) is 2.47. The summed E-state index contributed by atoms with van der Waals surface area (Å²) in [6.07, 6.45) is 0. The lowest BCUT2D eigenvalue weighted by Gasteiger charge is -2.30. The Morgan fingerprint density at radius 1 is 1.12 bits per heavy atom. The molecular weight excluding hydrogens is 355 g/mol. The van der Waals surface area contributed by atoms with Crippen LogP contribution in [0.2, 0.25) is 0 Å². The van der Waals surface area contributed by atoms with Crippen molar-refractivity contribution < 1.29 is 12.8 Å². The van der Waals surface area contributed by atoms with Gasteiger partial charge in [-0.1, -0.05) is 6.07 Å². The van der Waals surface area contributed by atoms with Crippen molar-refractivity contribution in [1.82, 2.24) is 5.32 Å². The second kappa shape index (κ2) is 7.92. The zero-order valence-electron chi connectivity index (χ0n) is 14.6. The Kier molecular flexibility index (Phi) is 5.63. The topological polar surface area (TPSA) is 73.5 Å². The van der Waals surface area contributed by atoms with Crippen LogP contribution in [0.3, 0.4) is 0 Å². The number of anilines is 3. The molecule has 140 valence electrons. The van der Waals surface area contributed by atoms with Gasteiger partial charge >= 0.3 is 0 Å². The number of rotatable bonds is 6. The number of hydrogen-bond donors (Lipinski definition) is 3. The number of sulfonamides is 1. The molecule has 6 nitrogen and oxygen atoms in total. The second-order valence-corrected chi connectivity index (χ2v) is 7.74. The van der Waals surface area contributed by atoms with E-state index in [1.54, 1.807) is 6.07 Å². The van der Waals surface area contributed by atoms with Crippen LogP contribution in [0.15, 0.2) is 47.4 Å². The molecule has 0 bridgehead atoms. The Balaban J connectivity index is 1.88. The molecule has 0 unspecified atom stereocenters. The Hall–Kier alpha value is -2.32. The van der Waals surface area contributed by atoms with Crippen molar-refractivity contribution in [2.24, 2.45) is 0 Å². The number of nitrogens with zero attached hydrogens (tertiary/aromatic N) is 1. The highest BCUT2D eigenvalue weighted by Gasteiger charge is 2.18. The van der Waals surface area contributed by atoms with E-state index in [2.05, 4.69) is 20.3 Å². The minimum atomic E-state index is -3.87. The van der Waals surface area contributed by atoms with E-state index in [-0.39, 0.29) is 4.90 Å². The molecule has 1 fully saturated rings. The van der Waals surface area contributed by atoms with Crippen LogP contribution in [0.4, 0.5) is 21.5 Å². The molecule has 0 aromatic heterocycles. The fraction of sp³-hybridized carbons (Fsp3) is 0.333. The highest BCUT2D eigenvalue weighted by Crippen LogP contribution is 2.30. The average Bonchev–Trinajstić information content (AvgIpc) is 2.64. The van der Waals surface area contributed by atoms with Crippen LogP contribution in [-0.4, -0.2) is 41.1 Å². The number of piperazine rings is 1. The molecule has 1 aliphatic heterocycles. The Morgan fingerprint density at radius 2 is 1.88 bits per heavy atom. The molecule has 2 aromatic rings. The molecule has 0 amide bonds. The fourth-order valence-electron chi connectivity index (χ4n) is 2.92. The zero-order valence-corrected chi connectivity index (χ0v) is 15.4. The van der Waals surface area contributed by atoms with E-state index < -0.39 is 15.8 Å². The molecule has 0 atom stereocenters. The fourth-order valence-corrected chi connectivity index (χ4v) is 4.03. The number of nitrogens with one attached hydrogen (secondary N) is 3. The van der Waals surface area contributed by atoms with Gasteiger partial charge in [-0.05, 0) is 43.3 Å². The van der Waals surface area contributed by atoms with Crippen LogP contribution in [0.1, 0.15) is 6.92 Å². The third kappa shape index (κ3) is 4.25. The molecule has 26 heavy (non-hydrogen) atoms. The van der Waals surface area contributed by atoms with E-state index in [0.29, 0.717) is 17.9 Å². The minimum Gasteiger partial charge on any atom is -0.384 e. The molecule has 1 saturated heterocycles. The quantitative estimate of drug-likeness (QED) is 0.720. The van der Waals surface area contributed by atoms with Gasteiger partial charge in [-0.3, -0.25) is 4.72 Å². The largest absolute Gasteiger partial charge is 0.384 e. The van der Waals surface area contributed by atoms with Crippen LogP contribution in [-0.2, 0) is 10.0 Å². The van der Waals surface area contributed by atoms with Gasteiger partial charge in [-0.2, -0.15) is 0 Å². The van der Waals surface area contributed by atoms with Gasteiger partial charge in [0.05, 0.1) is 16.3 Å². The maximum absolute atomic E-state index is 13.4. The van der Waals surface area contributed by atoms with Crippen LogP contribution in [0.5, 0.6) is 0 Å². The van der Waals surface area contributed by atoms with Crippen LogP contribution in [0, 0.1) is 5.82 Å². The van der Waals surface area contributed by atoms with Crippen molar-refractivity contribution in [3.05, 3.63) is 48.3 Å². The summed E-state index contributed by atoms with van der Waals surface area (Å²) in [5.41, 5.74) is 2.18. The molecular formula is C18H23FN4O2S. The molecule has 3 rings (SSSR count). The lowest BCUT2D eigenvalue weighted by atomic mass is 10.2. The van der Waals surface area contributed by atoms with Crippen molar-refractivity contribution in [1.29, 1.82) is 0 Å². The highest BCUT2D eigenvalue weighted by molar-refractivity contribution is 7.92. The van der Waals surface area contributed by atoms with Crippen molar-refractivity contribution >= 4 is 27.1 Å². The molecule has 2 aromatic carbocycles. The Bertz CT molecular complexity index is 867. The first-order valence-electron chi connectivity index (χ1n) is 8.61. The molecule has 0 spiro atoms. The monoisotopic (exact) mass is 378 g/mol. The maximum atomic E-state index is 13.4. The van der Waals surface area contributed by atoms with Gasteiger partial charge in [0.15, 0.2) is 0 Å². The van der Waals surface area contributed by atoms with E-state index in [0.717, 1.165) is 37.9 Å². The summed E-state index contributed by atoms with van der Waals surface area (Å²) in [5, 5.41) is 6.51.